The Morgan fingerprint density at radius 1 is 1.00 bits per heavy atom. The maximum absolute atomic E-state index is 12.3. The molecule has 0 saturated heterocycles. The molecule has 0 aliphatic carbocycles. The van der Waals surface area contributed by atoms with Gasteiger partial charge in [0.25, 0.3) is 0 Å². The lowest BCUT2D eigenvalue weighted by Crippen LogP contribution is -2.16. The van der Waals surface area contributed by atoms with Crippen LogP contribution in [0.25, 0.3) is 11.0 Å². The smallest absolute Gasteiger partial charge is 0.336 e. The maximum atomic E-state index is 12.3. The molecule has 1 aromatic heterocycles. The second-order valence-corrected chi connectivity index (χ2v) is 6.84. The van der Waals surface area contributed by atoms with Crippen molar-refractivity contribution >= 4 is 16.9 Å². The van der Waals surface area contributed by atoms with E-state index in [2.05, 4.69) is 0 Å². The Labute approximate surface area is 161 Å². The van der Waals surface area contributed by atoms with Gasteiger partial charge in [-0.2, -0.15) is 0 Å². The monoisotopic (exact) mass is 380 g/mol. The molecule has 0 N–H and O–H groups in total. The van der Waals surface area contributed by atoms with Crippen LogP contribution < -0.4 is 15.1 Å². The molecular weight excluding hydrogens is 360 g/mol. The summed E-state index contributed by atoms with van der Waals surface area (Å²) >= 11 is 0. The van der Waals surface area contributed by atoms with Crippen LogP contribution in [0.3, 0.4) is 0 Å². The summed E-state index contributed by atoms with van der Waals surface area (Å²) in [5.41, 5.74) is 3.54. The predicted molar refractivity (Wildman–Crippen MR) is 103 cm³/mol. The van der Waals surface area contributed by atoms with Crippen molar-refractivity contribution in [2.24, 2.45) is 0 Å². The van der Waals surface area contributed by atoms with E-state index < -0.39 is 5.63 Å². The molecule has 2 aromatic carbocycles. The highest BCUT2D eigenvalue weighted by atomic mass is 16.6. The molecule has 1 aliphatic heterocycles. The number of benzene rings is 2. The standard InChI is InChI=1S/C22H20O6/c1-13-7-17-16(11-22(24)28-19(17)8-14(13)2)12-27-21(23)10-15-3-4-18-20(9-15)26-6-5-25-18/h3-4,7-9,11H,5-6,10,12H2,1-2H3. The van der Waals surface area contributed by atoms with Gasteiger partial charge in [-0.15, -0.1) is 0 Å². The number of carbonyl (C=O) groups excluding carboxylic acids is 1. The molecule has 144 valence electrons. The molecule has 1 aliphatic rings. The topological polar surface area (TPSA) is 75.0 Å². The van der Waals surface area contributed by atoms with Gasteiger partial charge in [-0.3, -0.25) is 4.79 Å². The van der Waals surface area contributed by atoms with E-state index in [1.54, 1.807) is 12.1 Å². The molecule has 0 fully saturated rings. The van der Waals surface area contributed by atoms with Gasteiger partial charge >= 0.3 is 11.6 Å². The van der Waals surface area contributed by atoms with E-state index >= 15 is 0 Å². The largest absolute Gasteiger partial charge is 0.486 e. The Hall–Kier alpha value is -3.28. The van der Waals surface area contributed by atoms with Crippen LogP contribution >= 0.6 is 0 Å². The van der Waals surface area contributed by atoms with E-state index in [1.165, 1.54) is 6.07 Å². The molecule has 2 heterocycles. The third-order valence-corrected chi connectivity index (χ3v) is 4.79. The fourth-order valence-corrected chi connectivity index (χ4v) is 3.18. The molecule has 0 spiro atoms. The van der Waals surface area contributed by atoms with E-state index in [4.69, 9.17) is 18.6 Å². The molecule has 3 aromatic rings. The predicted octanol–water partition coefficient (Wildman–Crippen LogP) is 3.47. The van der Waals surface area contributed by atoms with Crippen LogP contribution in [0.1, 0.15) is 22.3 Å². The van der Waals surface area contributed by atoms with Crippen LogP contribution in [0.4, 0.5) is 0 Å². The zero-order chi connectivity index (χ0) is 19.7. The molecule has 0 unspecified atom stereocenters. The second kappa shape index (κ2) is 7.38. The number of carbonyl (C=O) groups is 1. The van der Waals surface area contributed by atoms with Gasteiger partial charge in [-0.1, -0.05) is 6.07 Å². The summed E-state index contributed by atoms with van der Waals surface area (Å²) in [7, 11) is 0. The lowest BCUT2D eigenvalue weighted by atomic mass is 10.0. The fourth-order valence-electron chi connectivity index (χ4n) is 3.18. The van der Waals surface area contributed by atoms with Gasteiger partial charge in [0.1, 0.15) is 25.4 Å². The van der Waals surface area contributed by atoms with Crippen molar-refractivity contribution in [1.29, 1.82) is 0 Å². The molecular formula is C22H20O6. The average Bonchev–Trinajstić information content (AvgIpc) is 2.67. The van der Waals surface area contributed by atoms with Crippen LogP contribution in [-0.2, 0) is 22.6 Å². The second-order valence-electron chi connectivity index (χ2n) is 6.84. The first kappa shape index (κ1) is 18.1. The number of fused-ring (bicyclic) bond motifs is 2. The Bertz CT molecular complexity index is 1110. The van der Waals surface area contributed by atoms with Gasteiger partial charge in [0.2, 0.25) is 0 Å². The van der Waals surface area contributed by atoms with E-state index in [9.17, 15) is 9.59 Å². The number of rotatable bonds is 4. The molecule has 6 nitrogen and oxygen atoms in total. The van der Waals surface area contributed by atoms with E-state index in [0.717, 1.165) is 22.1 Å². The zero-order valence-electron chi connectivity index (χ0n) is 15.7. The SMILES string of the molecule is Cc1cc2oc(=O)cc(COC(=O)Cc3ccc4c(c3)OCCO4)c2cc1C. The first-order valence-corrected chi connectivity index (χ1v) is 9.08. The van der Waals surface area contributed by atoms with E-state index in [-0.39, 0.29) is 19.0 Å². The van der Waals surface area contributed by atoms with E-state index in [0.29, 0.717) is 35.9 Å². The molecule has 0 amide bonds. The Kier molecular flexibility index (Phi) is 4.77. The van der Waals surface area contributed by atoms with Crippen molar-refractivity contribution in [2.45, 2.75) is 26.9 Å². The number of esters is 1. The van der Waals surface area contributed by atoms with Gasteiger partial charge in [0.15, 0.2) is 11.5 Å². The maximum Gasteiger partial charge on any atom is 0.336 e. The van der Waals surface area contributed by atoms with Crippen LogP contribution in [0.2, 0.25) is 0 Å². The van der Waals surface area contributed by atoms with Crippen LogP contribution in [-0.4, -0.2) is 19.2 Å². The van der Waals surface area contributed by atoms with Gasteiger partial charge in [-0.05, 0) is 54.8 Å². The molecule has 0 bridgehead atoms. The lowest BCUT2D eigenvalue weighted by Gasteiger charge is -2.18. The van der Waals surface area contributed by atoms with Crippen LogP contribution in [0.15, 0.2) is 45.6 Å². The van der Waals surface area contributed by atoms with Crippen molar-refractivity contribution in [3.8, 4) is 11.5 Å². The Morgan fingerprint density at radius 2 is 1.75 bits per heavy atom. The highest BCUT2D eigenvalue weighted by Gasteiger charge is 2.15. The third kappa shape index (κ3) is 3.71. The fraction of sp³-hybridized carbons (Fsp3) is 0.273. The zero-order valence-corrected chi connectivity index (χ0v) is 15.7. The van der Waals surface area contributed by atoms with Crippen molar-refractivity contribution < 1.29 is 23.4 Å². The van der Waals surface area contributed by atoms with Crippen LogP contribution in [0.5, 0.6) is 11.5 Å². The molecule has 28 heavy (non-hydrogen) atoms. The molecule has 0 saturated carbocycles. The summed E-state index contributed by atoms with van der Waals surface area (Å²) in [6, 6.07) is 10.5. The van der Waals surface area contributed by atoms with Crippen molar-refractivity contribution in [3.63, 3.8) is 0 Å². The summed E-state index contributed by atoms with van der Waals surface area (Å²) < 4.78 is 21.7. The molecule has 0 atom stereocenters. The average molecular weight is 380 g/mol. The highest BCUT2D eigenvalue weighted by molar-refractivity contribution is 5.82. The van der Waals surface area contributed by atoms with Crippen LogP contribution in [0, 0.1) is 13.8 Å². The highest BCUT2D eigenvalue weighted by Crippen LogP contribution is 2.31. The number of hydrogen-bond donors (Lipinski definition) is 0. The number of aryl methyl sites for hydroxylation is 2. The third-order valence-electron chi connectivity index (χ3n) is 4.79. The minimum absolute atomic E-state index is 0.00792. The first-order chi connectivity index (χ1) is 13.5. The summed E-state index contributed by atoms with van der Waals surface area (Å²) in [5, 5.41) is 0.773. The summed E-state index contributed by atoms with van der Waals surface area (Å²) in [5.74, 6) is 0.924. The van der Waals surface area contributed by atoms with Crippen molar-refractivity contribution in [2.75, 3.05) is 13.2 Å². The van der Waals surface area contributed by atoms with Gasteiger partial charge in [0, 0.05) is 17.0 Å². The quantitative estimate of drug-likeness (QED) is 0.510. The first-order valence-electron chi connectivity index (χ1n) is 9.08. The minimum Gasteiger partial charge on any atom is -0.486 e. The molecule has 0 radical (unpaired) electrons. The summed E-state index contributed by atoms with van der Waals surface area (Å²) in [6.45, 7) is 4.95. The van der Waals surface area contributed by atoms with Crippen molar-refractivity contribution in [3.05, 3.63) is 69.1 Å². The van der Waals surface area contributed by atoms with Gasteiger partial charge in [0.05, 0.1) is 6.42 Å². The number of ether oxygens (including phenoxy) is 3. The number of hydrogen-bond acceptors (Lipinski definition) is 6. The molecule has 6 heteroatoms. The van der Waals surface area contributed by atoms with Gasteiger partial charge < -0.3 is 18.6 Å². The molecule has 4 rings (SSSR count). The Morgan fingerprint density at radius 3 is 2.57 bits per heavy atom. The Balaban J connectivity index is 1.49. The summed E-state index contributed by atoms with van der Waals surface area (Å²) in [6.07, 6.45) is 0.105. The lowest BCUT2D eigenvalue weighted by molar-refractivity contribution is -0.144. The minimum atomic E-state index is -0.464. The summed E-state index contributed by atoms with van der Waals surface area (Å²) in [4.78, 5) is 24.1. The van der Waals surface area contributed by atoms with Gasteiger partial charge in [-0.25, -0.2) is 4.79 Å². The van der Waals surface area contributed by atoms with Crippen molar-refractivity contribution in [1.82, 2.24) is 0 Å². The normalized spacial score (nSPS) is 12.8. The van der Waals surface area contributed by atoms with E-state index in [1.807, 2.05) is 32.0 Å².